The fourth-order valence-electron chi connectivity index (χ4n) is 1.86. The molecule has 0 fully saturated rings. The highest BCUT2D eigenvalue weighted by Gasteiger charge is 2.00. The van der Waals surface area contributed by atoms with Gasteiger partial charge in [-0.25, -0.2) is 0 Å². The van der Waals surface area contributed by atoms with Crippen molar-refractivity contribution in [1.29, 1.82) is 0 Å². The van der Waals surface area contributed by atoms with Crippen molar-refractivity contribution < 1.29 is 0 Å². The molecular formula is C13H29Al. The molecule has 0 aliphatic carbocycles. The second kappa shape index (κ2) is 11.6. The van der Waals surface area contributed by atoms with Gasteiger partial charge in [0.15, 0.2) is 0 Å². The molecular weight excluding hydrogens is 183 g/mol. The van der Waals surface area contributed by atoms with Gasteiger partial charge in [0.2, 0.25) is 0 Å². The highest BCUT2D eigenvalue weighted by atomic mass is 27.2. The summed E-state index contributed by atoms with van der Waals surface area (Å²) in [7, 11) is 0. The third kappa shape index (κ3) is 12.5. The lowest BCUT2D eigenvalue weighted by molar-refractivity contribution is 0.572. The van der Waals surface area contributed by atoms with E-state index < -0.39 is 0 Å². The molecule has 0 amide bonds. The number of hydrogen-bond acceptors (Lipinski definition) is 0. The van der Waals surface area contributed by atoms with Gasteiger partial charge in [-0.2, -0.15) is 0 Å². The van der Waals surface area contributed by atoms with Crippen molar-refractivity contribution in [3.05, 3.63) is 0 Å². The largest absolute Gasteiger partial charge is 0.255 e. The molecule has 1 heteroatoms. The van der Waals surface area contributed by atoms with Crippen molar-refractivity contribution in [3.63, 3.8) is 0 Å². The molecule has 84 valence electrons. The van der Waals surface area contributed by atoms with E-state index in [1.165, 1.54) is 57.8 Å². The lowest BCUT2D eigenvalue weighted by atomic mass is 10.1. The molecule has 0 nitrogen and oxygen atoms in total. The molecule has 0 aromatic carbocycles. The standard InChI is InChI=1S/C11H23.2CH3.Al/c1-3-5-7-9-11-10-8-6-4-2;;;/h1,3-11H2,2H3;2*1H3;. The van der Waals surface area contributed by atoms with E-state index in [9.17, 15) is 0 Å². The quantitative estimate of drug-likeness (QED) is 0.342. The topological polar surface area (TPSA) is 0 Å². The lowest BCUT2D eigenvalue weighted by Crippen LogP contribution is -1.97. The Morgan fingerprint density at radius 1 is 0.643 bits per heavy atom. The second-order valence-corrected chi connectivity index (χ2v) is 8.38. The molecule has 0 heterocycles. The first kappa shape index (κ1) is 14.5. The fraction of sp³-hybridized carbons (Fsp3) is 1.00. The Morgan fingerprint density at radius 2 is 1.07 bits per heavy atom. The Bertz CT molecular complexity index is 99.4. The minimum absolute atomic E-state index is 0.245. The highest BCUT2D eigenvalue weighted by Crippen LogP contribution is 2.11. The van der Waals surface area contributed by atoms with E-state index in [2.05, 4.69) is 18.5 Å². The maximum absolute atomic E-state index is 2.46. The predicted octanol–water partition coefficient (Wildman–Crippen LogP) is 5.27. The molecule has 0 spiro atoms. The molecule has 0 rings (SSSR count). The van der Waals surface area contributed by atoms with Crippen LogP contribution in [0.25, 0.3) is 0 Å². The Labute approximate surface area is 95.9 Å². The summed E-state index contributed by atoms with van der Waals surface area (Å²) < 4.78 is 0. The number of rotatable bonds is 10. The van der Waals surface area contributed by atoms with Crippen LogP contribution in [0, 0.1) is 0 Å². The van der Waals surface area contributed by atoms with E-state index in [1.807, 2.05) is 0 Å². The van der Waals surface area contributed by atoms with Gasteiger partial charge in [-0.3, -0.25) is 0 Å². The molecule has 0 atom stereocenters. The van der Waals surface area contributed by atoms with E-state index in [4.69, 9.17) is 0 Å². The molecule has 14 heavy (non-hydrogen) atoms. The maximum Gasteiger partial charge on any atom is 0.255 e. The van der Waals surface area contributed by atoms with Crippen LogP contribution >= 0.6 is 0 Å². The third-order valence-electron chi connectivity index (χ3n) is 2.89. The molecule has 0 radical (unpaired) electrons. The van der Waals surface area contributed by atoms with E-state index in [1.54, 1.807) is 5.28 Å². The zero-order valence-corrected chi connectivity index (χ0v) is 11.8. The first-order chi connectivity index (χ1) is 6.77. The van der Waals surface area contributed by atoms with Gasteiger partial charge in [-0.15, -0.1) is 11.6 Å². The van der Waals surface area contributed by atoms with Gasteiger partial charge in [-0.1, -0.05) is 70.0 Å². The van der Waals surface area contributed by atoms with Crippen molar-refractivity contribution in [2.75, 3.05) is 0 Å². The van der Waals surface area contributed by atoms with Gasteiger partial charge in [-0.05, 0) is 0 Å². The number of unbranched alkanes of at least 4 members (excludes halogenated alkanes) is 8. The monoisotopic (exact) mass is 212 g/mol. The summed E-state index contributed by atoms with van der Waals surface area (Å²) in [5.74, 6) is 4.93. The van der Waals surface area contributed by atoms with E-state index in [0.29, 0.717) is 0 Å². The molecule has 0 unspecified atom stereocenters. The molecule has 0 saturated carbocycles. The molecule has 0 aromatic rings. The lowest BCUT2D eigenvalue weighted by Gasteiger charge is -2.02. The Morgan fingerprint density at radius 3 is 1.50 bits per heavy atom. The smallest absolute Gasteiger partial charge is 0.106 e. The van der Waals surface area contributed by atoms with Crippen LogP contribution in [0.15, 0.2) is 0 Å². The van der Waals surface area contributed by atoms with Gasteiger partial charge in [0, 0.05) is 0 Å². The van der Waals surface area contributed by atoms with Crippen molar-refractivity contribution in [1.82, 2.24) is 0 Å². The predicted molar refractivity (Wildman–Crippen MR) is 69.5 cm³/mol. The third-order valence-corrected chi connectivity index (χ3v) is 4.45. The van der Waals surface area contributed by atoms with Crippen LogP contribution in [0.2, 0.25) is 16.9 Å². The zero-order chi connectivity index (χ0) is 10.6. The molecule has 0 saturated heterocycles. The van der Waals surface area contributed by atoms with Crippen molar-refractivity contribution in [2.45, 2.75) is 81.6 Å². The summed E-state index contributed by atoms with van der Waals surface area (Å²) in [6, 6.07) is 0. The molecule has 0 bridgehead atoms. The molecule has 0 aliphatic rings. The second-order valence-electron chi connectivity index (χ2n) is 5.01. The van der Waals surface area contributed by atoms with Crippen LogP contribution < -0.4 is 0 Å². The first-order valence-corrected chi connectivity index (χ1v) is 9.90. The van der Waals surface area contributed by atoms with Crippen LogP contribution in [0.4, 0.5) is 0 Å². The summed E-state index contributed by atoms with van der Waals surface area (Å²) in [6.45, 7) is 2.29. The zero-order valence-electron chi connectivity index (χ0n) is 10.6. The van der Waals surface area contributed by atoms with Crippen molar-refractivity contribution in [3.8, 4) is 0 Å². The van der Waals surface area contributed by atoms with Crippen LogP contribution in [-0.4, -0.2) is 14.1 Å². The van der Waals surface area contributed by atoms with Crippen LogP contribution in [0.1, 0.15) is 64.7 Å². The average molecular weight is 212 g/mol. The van der Waals surface area contributed by atoms with Gasteiger partial charge in [0.25, 0.3) is 14.1 Å². The van der Waals surface area contributed by atoms with Crippen LogP contribution in [0.3, 0.4) is 0 Å². The summed E-state index contributed by atoms with van der Waals surface area (Å²) in [6.07, 6.45) is 13.2. The van der Waals surface area contributed by atoms with Crippen molar-refractivity contribution >= 4 is 14.1 Å². The summed E-state index contributed by atoms with van der Waals surface area (Å²) in [5.41, 5.74) is 0. The highest BCUT2D eigenvalue weighted by molar-refractivity contribution is 6.55. The van der Waals surface area contributed by atoms with E-state index >= 15 is 0 Å². The van der Waals surface area contributed by atoms with Gasteiger partial charge < -0.3 is 0 Å². The Hall–Kier alpha value is 0.532. The molecule has 0 N–H and O–H groups in total. The number of hydrogen-bond donors (Lipinski definition) is 0. The van der Waals surface area contributed by atoms with Gasteiger partial charge in [0.05, 0.1) is 0 Å². The minimum atomic E-state index is -0.245. The first-order valence-electron chi connectivity index (χ1n) is 6.77. The van der Waals surface area contributed by atoms with Crippen molar-refractivity contribution in [2.24, 2.45) is 0 Å². The summed E-state index contributed by atoms with van der Waals surface area (Å²) in [4.78, 5) is 0. The van der Waals surface area contributed by atoms with Crippen LogP contribution in [-0.2, 0) is 0 Å². The Balaban J connectivity index is 2.85. The summed E-state index contributed by atoms with van der Waals surface area (Å²) in [5, 5.41) is 1.57. The normalized spacial score (nSPS) is 10.5. The maximum atomic E-state index is 2.46. The van der Waals surface area contributed by atoms with Gasteiger partial charge in [0.1, 0.15) is 0 Å². The molecule has 0 aromatic heterocycles. The molecule has 0 aliphatic heterocycles. The van der Waals surface area contributed by atoms with E-state index in [-0.39, 0.29) is 14.1 Å². The Kier molecular flexibility index (Phi) is 12.0. The minimum Gasteiger partial charge on any atom is -0.106 e. The van der Waals surface area contributed by atoms with Gasteiger partial charge >= 0.3 is 0 Å². The van der Waals surface area contributed by atoms with Crippen LogP contribution in [0.5, 0.6) is 0 Å². The van der Waals surface area contributed by atoms with E-state index in [0.717, 1.165) is 0 Å². The summed E-state index contributed by atoms with van der Waals surface area (Å²) >= 11 is -0.245. The fourth-order valence-corrected chi connectivity index (χ4v) is 2.97. The SMILES string of the molecule is CCCCCCCCCC[CH2][Al]([CH3])[CH3]. The average Bonchev–Trinajstić information content (AvgIpc) is 2.15.